The van der Waals surface area contributed by atoms with E-state index < -0.39 is 9.05 Å². The van der Waals surface area contributed by atoms with Crippen LogP contribution >= 0.6 is 10.7 Å². The molecule has 5 nitrogen and oxygen atoms in total. The molecule has 1 aliphatic carbocycles. The lowest BCUT2D eigenvalue weighted by molar-refractivity contribution is 0.0946. The lowest BCUT2D eigenvalue weighted by Gasteiger charge is -2.11. The maximum Gasteiger partial charge on any atom is 0.265 e. The third-order valence-corrected chi connectivity index (χ3v) is 4.93. The van der Waals surface area contributed by atoms with Crippen LogP contribution in [0, 0.1) is 5.41 Å². The predicted octanol–water partition coefficient (Wildman–Crippen LogP) is 2.54. The lowest BCUT2D eigenvalue weighted by atomic mass is 10.1. The van der Waals surface area contributed by atoms with Crippen molar-refractivity contribution in [2.24, 2.45) is 5.41 Å². The van der Waals surface area contributed by atoms with Gasteiger partial charge < -0.3 is 10.1 Å². The molecule has 0 spiro atoms. The number of rotatable bonds is 5. The van der Waals surface area contributed by atoms with E-state index >= 15 is 0 Å². The highest BCUT2D eigenvalue weighted by Gasteiger charge is 2.46. The van der Waals surface area contributed by atoms with Crippen molar-refractivity contribution < 1.29 is 17.9 Å². The molecule has 2 rings (SSSR count). The molecule has 1 unspecified atom stereocenters. The van der Waals surface area contributed by atoms with Gasteiger partial charge in [-0.05, 0) is 37.0 Å². The first-order valence-electron chi connectivity index (χ1n) is 6.67. The third-order valence-electron chi connectivity index (χ3n) is 3.59. The van der Waals surface area contributed by atoms with Crippen LogP contribution in [0.2, 0.25) is 0 Å². The van der Waals surface area contributed by atoms with Crippen LogP contribution in [0.4, 0.5) is 0 Å². The molecule has 1 aromatic carbocycles. The molecule has 1 saturated carbocycles. The van der Waals surface area contributed by atoms with Gasteiger partial charge in [-0.1, -0.05) is 13.8 Å². The van der Waals surface area contributed by atoms with Gasteiger partial charge in [-0.2, -0.15) is 0 Å². The molecule has 0 saturated heterocycles. The van der Waals surface area contributed by atoms with Gasteiger partial charge in [0.15, 0.2) is 0 Å². The predicted molar refractivity (Wildman–Crippen MR) is 80.3 cm³/mol. The first kappa shape index (κ1) is 16.1. The summed E-state index contributed by atoms with van der Waals surface area (Å²) in [6.07, 6.45) is 0.913. The van der Waals surface area contributed by atoms with Crippen molar-refractivity contribution in [3.63, 3.8) is 0 Å². The van der Waals surface area contributed by atoms with Crippen LogP contribution in [-0.4, -0.2) is 27.0 Å². The highest BCUT2D eigenvalue weighted by molar-refractivity contribution is 8.13. The molecule has 1 N–H and O–H groups in total. The van der Waals surface area contributed by atoms with Crippen molar-refractivity contribution in [2.75, 3.05) is 6.61 Å². The quantitative estimate of drug-likeness (QED) is 0.841. The molecule has 116 valence electrons. The maximum absolute atomic E-state index is 12.1. The van der Waals surface area contributed by atoms with Crippen LogP contribution in [-0.2, 0) is 9.05 Å². The molecule has 0 heterocycles. The number of benzene rings is 1. The lowest BCUT2D eigenvalue weighted by Crippen LogP contribution is -2.28. The molecular weight excluding hydrogens is 314 g/mol. The molecule has 0 aliphatic heterocycles. The first-order chi connectivity index (χ1) is 9.65. The van der Waals surface area contributed by atoms with Gasteiger partial charge in [0.2, 0.25) is 0 Å². The summed E-state index contributed by atoms with van der Waals surface area (Å²) in [6.45, 7) is 6.16. The van der Waals surface area contributed by atoms with E-state index in [1.165, 1.54) is 18.2 Å². The van der Waals surface area contributed by atoms with Crippen molar-refractivity contribution in [2.45, 2.75) is 38.1 Å². The Balaban J connectivity index is 2.27. The molecule has 7 heteroatoms. The van der Waals surface area contributed by atoms with E-state index in [1.54, 1.807) is 6.92 Å². The number of carbonyl (C=O) groups is 1. The summed E-state index contributed by atoms with van der Waals surface area (Å²) in [4.78, 5) is 12.0. The Morgan fingerprint density at radius 3 is 2.57 bits per heavy atom. The summed E-state index contributed by atoms with van der Waals surface area (Å²) in [5.41, 5.74) is 0.350. The first-order valence-corrected chi connectivity index (χ1v) is 8.98. The Hall–Kier alpha value is -1.27. The largest absolute Gasteiger partial charge is 0.492 e. The highest BCUT2D eigenvalue weighted by Crippen LogP contribution is 2.44. The number of amides is 1. The molecule has 0 radical (unpaired) electrons. The zero-order valence-electron chi connectivity index (χ0n) is 12.1. The van der Waals surface area contributed by atoms with Gasteiger partial charge in [-0.15, -0.1) is 0 Å². The second kappa shape index (κ2) is 5.50. The molecular formula is C14H18ClNO4S. The van der Waals surface area contributed by atoms with Crippen molar-refractivity contribution in [3.05, 3.63) is 23.8 Å². The average Bonchev–Trinajstić information content (AvgIpc) is 2.95. The Bertz CT molecular complexity index is 670. The fourth-order valence-corrected chi connectivity index (χ4v) is 3.07. The number of hydrogen-bond acceptors (Lipinski definition) is 4. The molecule has 21 heavy (non-hydrogen) atoms. The molecule has 1 aromatic rings. The van der Waals surface area contributed by atoms with Crippen molar-refractivity contribution in [1.29, 1.82) is 0 Å². The van der Waals surface area contributed by atoms with Crippen molar-refractivity contribution >= 4 is 25.6 Å². The van der Waals surface area contributed by atoms with E-state index in [-0.39, 0.29) is 33.6 Å². The van der Waals surface area contributed by atoms with Gasteiger partial charge >= 0.3 is 0 Å². The van der Waals surface area contributed by atoms with Crippen molar-refractivity contribution in [1.82, 2.24) is 5.32 Å². The third kappa shape index (κ3) is 3.68. The SMILES string of the molecule is CCOc1ccc(C(=O)NC2CC2(C)C)cc1S(=O)(=O)Cl. The Morgan fingerprint density at radius 1 is 1.48 bits per heavy atom. The van der Waals surface area contributed by atoms with E-state index in [1.807, 2.05) is 0 Å². The van der Waals surface area contributed by atoms with Gasteiger partial charge in [-0.3, -0.25) is 4.79 Å². The molecule has 1 aliphatic rings. The van der Waals surface area contributed by atoms with Gasteiger partial charge in [0.05, 0.1) is 6.61 Å². The van der Waals surface area contributed by atoms with Gasteiger partial charge in [0.1, 0.15) is 10.6 Å². The summed E-state index contributed by atoms with van der Waals surface area (Å²) < 4.78 is 28.4. The molecule has 0 aromatic heterocycles. The van der Waals surface area contributed by atoms with E-state index in [0.717, 1.165) is 6.42 Å². The van der Waals surface area contributed by atoms with Gasteiger partial charge in [-0.25, -0.2) is 8.42 Å². The van der Waals surface area contributed by atoms with E-state index in [4.69, 9.17) is 15.4 Å². The summed E-state index contributed by atoms with van der Waals surface area (Å²) >= 11 is 0. The normalized spacial score (nSPS) is 19.9. The molecule has 1 amide bonds. The van der Waals surface area contributed by atoms with E-state index in [9.17, 15) is 13.2 Å². The zero-order chi connectivity index (χ0) is 15.8. The van der Waals surface area contributed by atoms with Crippen molar-refractivity contribution in [3.8, 4) is 5.75 Å². The second-order valence-electron chi connectivity index (χ2n) is 5.75. The average molecular weight is 332 g/mol. The number of hydrogen-bond donors (Lipinski definition) is 1. The smallest absolute Gasteiger partial charge is 0.265 e. The van der Waals surface area contributed by atoms with E-state index in [2.05, 4.69) is 19.2 Å². The van der Waals surface area contributed by atoms with Gasteiger partial charge in [0.25, 0.3) is 15.0 Å². The number of carbonyl (C=O) groups excluding carboxylic acids is 1. The number of nitrogens with one attached hydrogen (secondary N) is 1. The Labute approximate surface area is 129 Å². The summed E-state index contributed by atoms with van der Waals surface area (Å²) in [5.74, 6) is -0.161. The van der Waals surface area contributed by atoms with Crippen LogP contribution in [0.1, 0.15) is 37.6 Å². The monoisotopic (exact) mass is 331 g/mol. The second-order valence-corrected chi connectivity index (χ2v) is 8.29. The van der Waals surface area contributed by atoms with Crippen LogP contribution in [0.3, 0.4) is 0 Å². The minimum absolute atomic E-state index is 0.0995. The standard InChI is InChI=1S/C14H18ClNO4S/c1-4-20-10-6-5-9(7-11(10)21(15,18)19)13(17)16-12-8-14(12,2)3/h5-7,12H,4,8H2,1-3H3,(H,16,17). The number of ether oxygens (including phenoxy) is 1. The Kier molecular flexibility index (Phi) is 4.22. The highest BCUT2D eigenvalue weighted by atomic mass is 35.7. The van der Waals surface area contributed by atoms with E-state index in [0.29, 0.717) is 6.61 Å². The van der Waals surface area contributed by atoms with Crippen LogP contribution in [0.15, 0.2) is 23.1 Å². The molecule has 1 fully saturated rings. The zero-order valence-corrected chi connectivity index (χ0v) is 13.7. The van der Waals surface area contributed by atoms with Gasteiger partial charge in [0, 0.05) is 22.3 Å². The fourth-order valence-electron chi connectivity index (χ4n) is 2.07. The minimum atomic E-state index is -3.98. The van der Waals surface area contributed by atoms with Crippen LogP contribution < -0.4 is 10.1 Å². The molecule has 0 bridgehead atoms. The summed E-state index contributed by atoms with van der Waals surface area (Å²) in [7, 11) is 1.42. The molecule has 1 atom stereocenters. The number of halogens is 1. The summed E-state index contributed by atoms with van der Waals surface area (Å²) in [5, 5.41) is 2.87. The van der Waals surface area contributed by atoms with Crippen LogP contribution in [0.25, 0.3) is 0 Å². The maximum atomic E-state index is 12.1. The Morgan fingerprint density at radius 2 is 2.10 bits per heavy atom. The summed E-state index contributed by atoms with van der Waals surface area (Å²) in [6, 6.07) is 4.35. The topological polar surface area (TPSA) is 72.5 Å². The minimum Gasteiger partial charge on any atom is -0.492 e. The van der Waals surface area contributed by atoms with Crippen LogP contribution in [0.5, 0.6) is 5.75 Å². The fraction of sp³-hybridized carbons (Fsp3) is 0.500.